The Morgan fingerprint density at radius 2 is 1.15 bits per heavy atom. The Kier molecular flexibility index (Phi) is 11.3. The van der Waals surface area contributed by atoms with Crippen molar-refractivity contribution in [2.75, 3.05) is 28.6 Å². The average Bonchev–Trinajstić information content (AvgIpc) is 3.83. The number of anilines is 3. The summed E-state index contributed by atoms with van der Waals surface area (Å²) >= 11 is 0. The number of aromatic nitrogens is 4. The van der Waals surface area contributed by atoms with Crippen LogP contribution in [0.15, 0.2) is 104 Å². The van der Waals surface area contributed by atoms with E-state index in [9.17, 15) is 9.59 Å². The fourth-order valence-corrected chi connectivity index (χ4v) is 8.64. The fourth-order valence-electron chi connectivity index (χ4n) is 8.64. The highest BCUT2D eigenvalue weighted by molar-refractivity contribution is 5.94. The minimum Gasteiger partial charge on any atom is -0.337 e. The monoisotopic (exact) mass is 726 g/mol. The molecule has 0 spiro atoms. The van der Waals surface area contributed by atoms with Gasteiger partial charge in [0, 0.05) is 69.1 Å². The van der Waals surface area contributed by atoms with E-state index in [0.717, 1.165) is 64.9 Å². The summed E-state index contributed by atoms with van der Waals surface area (Å²) in [6.07, 6.45) is 13.0. The number of nitrogens with one attached hydrogen (secondary N) is 2. The summed E-state index contributed by atoms with van der Waals surface area (Å²) in [5, 5.41) is 6.23. The van der Waals surface area contributed by atoms with Crippen LogP contribution in [0.5, 0.6) is 0 Å². The number of fused-ring (bicyclic) bond motifs is 4. The molecule has 3 aliphatic heterocycles. The molecular weight excluding hydrogens is 673 g/mol. The highest BCUT2D eigenvalue weighted by Gasteiger charge is 2.48. The number of aryl methyl sites for hydroxylation is 2. The zero-order valence-corrected chi connectivity index (χ0v) is 31.7. The van der Waals surface area contributed by atoms with Crippen LogP contribution in [0.3, 0.4) is 0 Å². The van der Waals surface area contributed by atoms with Crippen molar-refractivity contribution >= 4 is 29.3 Å². The molecule has 54 heavy (non-hydrogen) atoms. The molecule has 5 fully saturated rings. The third kappa shape index (κ3) is 7.83. The Balaban J connectivity index is 0.000000203. The van der Waals surface area contributed by atoms with Crippen LogP contribution >= 0.6 is 0 Å². The molecule has 10 nitrogen and oxygen atoms in total. The van der Waals surface area contributed by atoms with Gasteiger partial charge in [0.25, 0.3) is 0 Å². The number of piperazine rings is 1. The van der Waals surface area contributed by atoms with Gasteiger partial charge in [0.05, 0.1) is 23.5 Å². The molecular formula is C44H54N8O2. The van der Waals surface area contributed by atoms with Gasteiger partial charge in [0.15, 0.2) is 0 Å². The van der Waals surface area contributed by atoms with E-state index in [4.69, 9.17) is 0 Å². The minimum atomic E-state index is -0.0456. The zero-order chi connectivity index (χ0) is 37.6. The zero-order valence-electron chi connectivity index (χ0n) is 31.7. The molecule has 282 valence electrons. The topological polar surface area (TPSA) is 116 Å². The van der Waals surface area contributed by atoms with E-state index in [0.29, 0.717) is 11.8 Å². The first-order valence-corrected chi connectivity index (χ1v) is 19.4. The molecule has 3 saturated heterocycles. The van der Waals surface area contributed by atoms with E-state index in [1.807, 2.05) is 91.5 Å². The Bertz CT molecular complexity index is 2030. The quantitative estimate of drug-likeness (QED) is 0.179. The van der Waals surface area contributed by atoms with E-state index in [1.54, 1.807) is 24.8 Å². The smallest absolute Gasteiger partial charge is 0.322 e. The summed E-state index contributed by atoms with van der Waals surface area (Å²) < 4.78 is 0. The molecule has 5 aromatic rings. The normalized spacial score (nSPS) is 21.8. The molecule has 2 N–H and O–H groups in total. The van der Waals surface area contributed by atoms with Gasteiger partial charge >= 0.3 is 6.03 Å². The first-order chi connectivity index (χ1) is 26.4. The van der Waals surface area contributed by atoms with E-state index >= 15 is 0 Å². The number of hydrogen-bond acceptors (Lipinski definition) is 7. The molecule has 3 amide bonds. The number of benzene rings is 2. The van der Waals surface area contributed by atoms with Crippen molar-refractivity contribution in [3.8, 4) is 22.5 Å². The minimum absolute atomic E-state index is 0. The number of urea groups is 1. The average molecular weight is 727 g/mol. The van der Waals surface area contributed by atoms with Crippen LogP contribution in [0.4, 0.5) is 22.1 Å². The van der Waals surface area contributed by atoms with Crippen LogP contribution in [0, 0.1) is 31.6 Å². The third-order valence-corrected chi connectivity index (χ3v) is 11.3. The molecule has 2 aromatic carbocycles. The fraction of sp³-hybridized carbons (Fsp3) is 0.364. The number of piperidine rings is 1. The van der Waals surface area contributed by atoms with Crippen molar-refractivity contribution in [3.05, 3.63) is 115 Å². The Hall–Kier alpha value is -5.64. The standard InChI is InChI=1S/C22H22N6O.C20H22N2O.C2H6.2H2/c1-15-6-7-16(11-19(15)20-5-2-3-8-23-20)26-22(29)28-17-12-18(28)14-27(13-17)21-24-9-4-10-25-21;1-13-5-10-16(12-17(13)18-4-2-3-11-21-18)22-20(23)19-14-6-7-15(19)9-8-14;1-2;;/h2-11,17-18H,12-14H2,1H3,(H,26,29);2-5,10-12,14-15,19H,6-9H2,1H3,(H,22,23);1-2H3;2*1H. The Morgan fingerprint density at radius 1 is 0.648 bits per heavy atom. The Labute approximate surface area is 321 Å². The van der Waals surface area contributed by atoms with Crippen molar-refractivity contribution in [2.24, 2.45) is 17.8 Å². The van der Waals surface area contributed by atoms with Gasteiger partial charge in [-0.25, -0.2) is 14.8 Å². The molecule has 0 radical (unpaired) electrons. The van der Waals surface area contributed by atoms with Gasteiger partial charge < -0.3 is 20.4 Å². The largest absolute Gasteiger partial charge is 0.337 e. The van der Waals surface area contributed by atoms with Crippen LogP contribution in [0.25, 0.3) is 22.5 Å². The van der Waals surface area contributed by atoms with Crippen molar-refractivity contribution in [3.63, 3.8) is 0 Å². The van der Waals surface area contributed by atoms with Gasteiger partial charge in [-0.2, -0.15) is 0 Å². The molecule has 4 bridgehead atoms. The third-order valence-electron chi connectivity index (χ3n) is 11.3. The number of nitrogens with zero attached hydrogens (tertiary/aromatic N) is 6. The molecule has 10 rings (SSSR count). The summed E-state index contributed by atoms with van der Waals surface area (Å²) in [6.45, 7) is 9.66. The van der Waals surface area contributed by atoms with Crippen LogP contribution < -0.4 is 15.5 Å². The second-order valence-electron chi connectivity index (χ2n) is 14.5. The van der Waals surface area contributed by atoms with Crippen molar-refractivity contribution in [2.45, 2.75) is 71.9 Å². The lowest BCUT2D eigenvalue weighted by Crippen LogP contribution is -2.71. The molecule has 2 aliphatic carbocycles. The van der Waals surface area contributed by atoms with Crippen LogP contribution in [-0.2, 0) is 4.79 Å². The number of pyridine rings is 2. The highest BCUT2D eigenvalue weighted by Crippen LogP contribution is 2.49. The number of carbonyl (C=O) groups is 2. The molecule has 3 aromatic heterocycles. The summed E-state index contributed by atoms with van der Waals surface area (Å²) in [7, 11) is 0. The lowest BCUT2D eigenvalue weighted by molar-refractivity contribution is -0.121. The van der Waals surface area contributed by atoms with E-state index in [-0.39, 0.29) is 32.8 Å². The van der Waals surface area contributed by atoms with Crippen molar-refractivity contribution in [1.29, 1.82) is 0 Å². The second-order valence-corrected chi connectivity index (χ2v) is 14.5. The van der Waals surface area contributed by atoms with Gasteiger partial charge in [-0.05, 0) is 124 Å². The predicted molar refractivity (Wildman–Crippen MR) is 219 cm³/mol. The van der Waals surface area contributed by atoms with Crippen molar-refractivity contribution in [1.82, 2.24) is 24.8 Å². The predicted octanol–water partition coefficient (Wildman–Crippen LogP) is 9.29. The number of hydrogen-bond donors (Lipinski definition) is 2. The first kappa shape index (κ1) is 36.7. The molecule has 2 unspecified atom stereocenters. The molecule has 5 aliphatic rings. The van der Waals surface area contributed by atoms with Gasteiger partial charge in [-0.1, -0.05) is 38.1 Å². The maximum absolute atomic E-state index is 12.9. The van der Waals surface area contributed by atoms with Gasteiger partial charge in [0.1, 0.15) is 0 Å². The highest BCUT2D eigenvalue weighted by atomic mass is 16.2. The van der Waals surface area contributed by atoms with Gasteiger partial charge in [-0.3, -0.25) is 14.8 Å². The molecule has 10 heteroatoms. The lowest BCUT2D eigenvalue weighted by Gasteiger charge is -2.55. The molecule has 2 saturated carbocycles. The maximum Gasteiger partial charge on any atom is 0.322 e. The number of amides is 3. The second kappa shape index (κ2) is 16.6. The summed E-state index contributed by atoms with van der Waals surface area (Å²) in [5.41, 5.74) is 7.92. The van der Waals surface area contributed by atoms with E-state index < -0.39 is 0 Å². The SMILES string of the molecule is CC.Cc1ccc(NC(=O)C2C3CCC2CC3)cc1-c1ccccn1.Cc1ccc(NC(=O)N2C3CC2CN(c2ncccn2)C3)cc1-c1ccccn1.[HH].[HH]. The summed E-state index contributed by atoms with van der Waals surface area (Å²) in [4.78, 5) is 47.3. The van der Waals surface area contributed by atoms with E-state index in [1.165, 1.54) is 31.2 Å². The molecule has 2 atom stereocenters. The van der Waals surface area contributed by atoms with Crippen LogP contribution in [0.2, 0.25) is 0 Å². The van der Waals surface area contributed by atoms with Crippen LogP contribution in [-0.4, -0.2) is 61.9 Å². The molecule has 6 heterocycles. The summed E-state index contributed by atoms with van der Waals surface area (Å²) in [5.74, 6) is 2.41. The lowest BCUT2D eigenvalue weighted by atomic mass is 9.88. The van der Waals surface area contributed by atoms with Crippen LogP contribution in [0.1, 0.15) is 59.9 Å². The van der Waals surface area contributed by atoms with Gasteiger partial charge in [-0.15, -0.1) is 0 Å². The first-order valence-electron chi connectivity index (χ1n) is 19.4. The maximum atomic E-state index is 12.9. The van der Waals surface area contributed by atoms with Gasteiger partial charge in [0.2, 0.25) is 11.9 Å². The number of carbonyl (C=O) groups excluding carboxylic acids is 2. The summed E-state index contributed by atoms with van der Waals surface area (Å²) in [6, 6.07) is 26.0. The van der Waals surface area contributed by atoms with E-state index in [2.05, 4.69) is 55.4 Å². The Morgan fingerprint density at radius 3 is 1.65 bits per heavy atom. The number of rotatable bonds is 6. The van der Waals surface area contributed by atoms with Crippen molar-refractivity contribution < 1.29 is 12.4 Å².